The molecule has 0 aliphatic carbocycles. The summed E-state index contributed by atoms with van der Waals surface area (Å²) in [5, 5.41) is 8.69. The van der Waals surface area contributed by atoms with Crippen LogP contribution < -0.4 is 5.73 Å². The summed E-state index contributed by atoms with van der Waals surface area (Å²) >= 11 is 3.51. The number of halogens is 1. The Hall–Kier alpha value is -0.910. The summed E-state index contributed by atoms with van der Waals surface area (Å²) in [7, 11) is 1.98. The third-order valence-corrected chi connectivity index (χ3v) is 3.63. The molecule has 1 aromatic rings. The first-order chi connectivity index (χ1) is 8.50. The van der Waals surface area contributed by atoms with Gasteiger partial charge in [-0.15, -0.1) is 0 Å². The molecule has 0 radical (unpaired) electrons. The van der Waals surface area contributed by atoms with E-state index in [9.17, 15) is 4.79 Å². The minimum absolute atomic E-state index is 0.474. The Morgan fingerprint density at radius 3 is 2.72 bits per heavy atom. The Labute approximate surface area is 116 Å². The van der Waals surface area contributed by atoms with E-state index in [-0.39, 0.29) is 0 Å². The van der Waals surface area contributed by atoms with Gasteiger partial charge in [0.15, 0.2) is 0 Å². The van der Waals surface area contributed by atoms with Gasteiger partial charge in [-0.05, 0) is 38.1 Å². The summed E-state index contributed by atoms with van der Waals surface area (Å²) in [6, 6.07) is 7.34. The van der Waals surface area contributed by atoms with Crippen LogP contribution >= 0.6 is 15.9 Å². The van der Waals surface area contributed by atoms with Gasteiger partial charge in [0.25, 0.3) is 0 Å². The maximum absolute atomic E-state index is 10.6. The van der Waals surface area contributed by atoms with Gasteiger partial charge in [0.2, 0.25) is 0 Å². The van der Waals surface area contributed by atoms with Crippen molar-refractivity contribution in [3.05, 3.63) is 34.3 Å². The molecule has 0 aliphatic rings. The van der Waals surface area contributed by atoms with E-state index in [1.165, 1.54) is 5.56 Å². The fraction of sp³-hybridized carbons (Fsp3) is 0.462. The average molecular weight is 315 g/mol. The second kappa shape index (κ2) is 7.51. The molecule has 1 rings (SSSR count). The van der Waals surface area contributed by atoms with E-state index < -0.39 is 12.0 Å². The molecule has 1 atom stereocenters. The Bertz CT molecular complexity index is 398. The number of nitrogens with zero attached hydrogens (tertiary/aromatic N) is 1. The third-order valence-electron chi connectivity index (χ3n) is 2.86. The van der Waals surface area contributed by atoms with E-state index in [1.807, 2.05) is 25.2 Å². The summed E-state index contributed by atoms with van der Waals surface area (Å²) in [4.78, 5) is 12.7. The zero-order valence-corrected chi connectivity index (χ0v) is 12.1. The molecule has 0 spiro atoms. The molecule has 0 heterocycles. The number of likely N-dealkylation sites (N-methyl/N-ethyl adjacent to an activating group) is 1. The summed E-state index contributed by atoms with van der Waals surface area (Å²) in [6.07, 6.45) is 1.40. The normalized spacial score (nSPS) is 12.7. The predicted molar refractivity (Wildman–Crippen MR) is 75.6 cm³/mol. The molecule has 1 unspecified atom stereocenters. The zero-order valence-electron chi connectivity index (χ0n) is 10.5. The van der Waals surface area contributed by atoms with E-state index in [4.69, 9.17) is 10.8 Å². The first-order valence-corrected chi connectivity index (χ1v) is 6.70. The van der Waals surface area contributed by atoms with Gasteiger partial charge < -0.3 is 15.7 Å². The molecule has 0 fully saturated rings. The smallest absolute Gasteiger partial charge is 0.320 e. The molecule has 3 N–H and O–H groups in total. The van der Waals surface area contributed by atoms with Crippen LogP contribution in [0.25, 0.3) is 0 Å². The van der Waals surface area contributed by atoms with Crippen molar-refractivity contribution in [1.29, 1.82) is 0 Å². The lowest BCUT2D eigenvalue weighted by atomic mass is 10.1. The average Bonchev–Trinajstić information content (AvgIpc) is 2.34. The summed E-state index contributed by atoms with van der Waals surface area (Å²) < 4.78 is 1.11. The molecule has 5 heteroatoms. The summed E-state index contributed by atoms with van der Waals surface area (Å²) in [5.74, 6) is -0.936. The number of carboxylic acids is 1. The van der Waals surface area contributed by atoms with Crippen LogP contribution in [0.15, 0.2) is 28.7 Å². The van der Waals surface area contributed by atoms with Gasteiger partial charge in [0.1, 0.15) is 6.04 Å². The van der Waals surface area contributed by atoms with Gasteiger partial charge in [-0.2, -0.15) is 0 Å². The molecule has 0 bridgehead atoms. The maximum atomic E-state index is 10.6. The Balaban J connectivity index is 2.31. The Kier molecular flexibility index (Phi) is 6.32. The van der Waals surface area contributed by atoms with Crippen LogP contribution in [0.5, 0.6) is 0 Å². The molecule has 0 aliphatic heterocycles. The highest BCUT2D eigenvalue weighted by Crippen LogP contribution is 2.16. The van der Waals surface area contributed by atoms with Gasteiger partial charge in [-0.25, -0.2) is 0 Å². The maximum Gasteiger partial charge on any atom is 0.320 e. The van der Waals surface area contributed by atoms with Crippen molar-refractivity contribution in [3.63, 3.8) is 0 Å². The van der Waals surface area contributed by atoms with Crippen LogP contribution in [-0.4, -0.2) is 42.2 Å². The first-order valence-electron chi connectivity index (χ1n) is 5.91. The molecule has 4 nitrogen and oxygen atoms in total. The zero-order chi connectivity index (χ0) is 13.5. The van der Waals surface area contributed by atoms with Crippen LogP contribution in [0.1, 0.15) is 12.0 Å². The first kappa shape index (κ1) is 15.1. The second-order valence-corrected chi connectivity index (χ2v) is 5.23. The fourth-order valence-electron chi connectivity index (χ4n) is 1.61. The SMILES string of the molecule is CN(CCc1ccccc1Br)CCC(N)C(=O)O. The van der Waals surface area contributed by atoms with Crippen LogP contribution in [0.3, 0.4) is 0 Å². The largest absolute Gasteiger partial charge is 0.480 e. The molecule has 0 amide bonds. The molecule has 0 aromatic heterocycles. The standard InChI is InChI=1S/C13H19BrN2O2/c1-16(9-7-12(15)13(17)18)8-6-10-4-2-3-5-11(10)14/h2-5,12H,6-9,15H2,1H3,(H,17,18). The molecule has 1 aromatic carbocycles. The lowest BCUT2D eigenvalue weighted by molar-refractivity contribution is -0.138. The van der Waals surface area contributed by atoms with Gasteiger partial charge in [0.05, 0.1) is 0 Å². The number of hydrogen-bond acceptors (Lipinski definition) is 3. The van der Waals surface area contributed by atoms with Crippen molar-refractivity contribution < 1.29 is 9.90 Å². The van der Waals surface area contributed by atoms with Crippen molar-refractivity contribution in [2.24, 2.45) is 5.73 Å². The lowest BCUT2D eigenvalue weighted by Gasteiger charge is -2.18. The fourth-order valence-corrected chi connectivity index (χ4v) is 2.09. The van der Waals surface area contributed by atoms with E-state index >= 15 is 0 Å². The van der Waals surface area contributed by atoms with Crippen LogP contribution in [-0.2, 0) is 11.2 Å². The van der Waals surface area contributed by atoms with Crippen LogP contribution in [0, 0.1) is 0 Å². The molecule has 18 heavy (non-hydrogen) atoms. The van der Waals surface area contributed by atoms with E-state index in [0.29, 0.717) is 13.0 Å². The second-order valence-electron chi connectivity index (χ2n) is 4.38. The molecular formula is C13H19BrN2O2. The van der Waals surface area contributed by atoms with Crippen LogP contribution in [0.4, 0.5) is 0 Å². The highest BCUT2D eigenvalue weighted by Gasteiger charge is 2.12. The van der Waals surface area contributed by atoms with E-state index in [2.05, 4.69) is 26.9 Å². The van der Waals surface area contributed by atoms with Crippen molar-refractivity contribution in [1.82, 2.24) is 4.90 Å². The quantitative estimate of drug-likeness (QED) is 0.804. The van der Waals surface area contributed by atoms with Crippen LogP contribution in [0.2, 0.25) is 0 Å². The van der Waals surface area contributed by atoms with Crippen molar-refractivity contribution in [2.45, 2.75) is 18.9 Å². The van der Waals surface area contributed by atoms with Gasteiger partial charge >= 0.3 is 5.97 Å². The van der Waals surface area contributed by atoms with Crippen molar-refractivity contribution >= 4 is 21.9 Å². The van der Waals surface area contributed by atoms with Gasteiger partial charge in [-0.3, -0.25) is 4.79 Å². The van der Waals surface area contributed by atoms with Gasteiger partial charge in [-0.1, -0.05) is 34.1 Å². The topological polar surface area (TPSA) is 66.6 Å². The number of carboxylic acid groups (broad SMARTS) is 1. The lowest BCUT2D eigenvalue weighted by Crippen LogP contribution is -2.34. The number of carbonyl (C=O) groups is 1. The Morgan fingerprint density at radius 1 is 1.44 bits per heavy atom. The Morgan fingerprint density at radius 2 is 2.11 bits per heavy atom. The van der Waals surface area contributed by atoms with Crippen molar-refractivity contribution in [2.75, 3.05) is 20.1 Å². The number of aliphatic carboxylic acids is 1. The predicted octanol–water partition coefficient (Wildman–Crippen LogP) is 1.73. The third kappa shape index (κ3) is 5.16. The van der Waals surface area contributed by atoms with E-state index in [0.717, 1.165) is 17.4 Å². The molecule has 0 saturated carbocycles. The number of rotatable bonds is 7. The minimum Gasteiger partial charge on any atom is -0.480 e. The number of nitrogens with two attached hydrogens (primary N) is 1. The molecular weight excluding hydrogens is 296 g/mol. The number of hydrogen-bond donors (Lipinski definition) is 2. The summed E-state index contributed by atoms with van der Waals surface area (Å²) in [5.41, 5.74) is 6.72. The minimum atomic E-state index is -0.936. The monoisotopic (exact) mass is 314 g/mol. The highest BCUT2D eigenvalue weighted by atomic mass is 79.9. The summed E-state index contributed by atoms with van der Waals surface area (Å²) in [6.45, 7) is 1.58. The van der Waals surface area contributed by atoms with E-state index in [1.54, 1.807) is 0 Å². The molecule has 0 saturated heterocycles. The van der Waals surface area contributed by atoms with Crippen molar-refractivity contribution in [3.8, 4) is 0 Å². The highest BCUT2D eigenvalue weighted by molar-refractivity contribution is 9.10. The van der Waals surface area contributed by atoms with Gasteiger partial charge in [0, 0.05) is 11.0 Å². The number of benzene rings is 1. The molecule has 100 valence electrons.